The van der Waals surface area contributed by atoms with Gasteiger partial charge in [0.2, 0.25) is 112 Å². The molecule has 55 heteroatoms. The summed E-state index contributed by atoms with van der Waals surface area (Å²) in [5.74, 6) is -33.8. The van der Waals surface area contributed by atoms with Gasteiger partial charge in [-0.25, -0.2) is 4.98 Å². The van der Waals surface area contributed by atoms with E-state index in [2.05, 4.69) is 95.0 Å². The standard InChI is InChI=1S/C80H122N22O32S/c1-10-37(6)63(78(131)99-46(21-36(4)5)70(123)97-52(28-62(116)117)74(127)96-48(24-55(82)106)72(125)93-45(20-35(2)3)69(122)88-38(7)80(133)134)101-79(132)64(39(8)105)102-75(128)49(25-56(83)107)95-68(121)44(18-19-135-9)92-67(120)43(16-17-59(110)111)91-73(126)51(27-61(114)115)98-77(130)54(33-104)100-71(124)47(22-40-14-12-11-13-15-40)94-76(129)53(32-103)90-58(109)31-86-66(119)50(26-60(112)113)89-57(108)30-85-65(118)42(81)23-41-29-84-34-87-41/h11-15,29,34-39,42-54,63-64,103-105H,10,16-28,30-33,81H2,1-9H3,(H2,82,106)(H2,83,107)(H,84,87)(H,85,118)(H,86,119)(H,88,122)(H,89,108)(H,90,109)(H,91,126)(H,92,120)(H,93,125)(H,94,129)(H,95,121)(H,96,127)(H,97,123)(H,98,130)(H,99,131)(H,100,124)(H,101,132)(H,102,128)(H,110,111)(H,112,113)(H,114,115)(H,116,117)(H,133,134)/t37-,38-,39+,42-,43-,44-,45-,46-,47-,48-,49-,50-,51-,52-,53-,54-,63-,64-/m0/s1. The molecule has 1 aromatic heterocycles. The van der Waals surface area contributed by atoms with Crippen molar-refractivity contribution in [1.29, 1.82) is 0 Å². The van der Waals surface area contributed by atoms with E-state index in [0.717, 1.165) is 25.6 Å². The molecule has 0 aliphatic carbocycles. The van der Waals surface area contributed by atoms with Gasteiger partial charge in [-0.05, 0) is 74.9 Å². The predicted octanol–water partition coefficient (Wildman–Crippen LogP) is -11.6. The Morgan fingerprint density at radius 2 is 0.756 bits per heavy atom. The number of rotatable bonds is 64. The molecule has 0 aliphatic rings. The number of imidazole rings is 1. The van der Waals surface area contributed by atoms with E-state index in [1.807, 2.05) is 5.32 Å². The van der Waals surface area contributed by atoms with Gasteiger partial charge in [0.15, 0.2) is 0 Å². The number of H-pyrrole nitrogens is 1. The van der Waals surface area contributed by atoms with E-state index >= 15 is 0 Å². The number of nitrogens with zero attached hydrogens (tertiary/aromatic N) is 1. The summed E-state index contributed by atoms with van der Waals surface area (Å²) in [5.41, 5.74) is 17.5. The van der Waals surface area contributed by atoms with Gasteiger partial charge < -0.3 is 153 Å². The van der Waals surface area contributed by atoms with E-state index in [0.29, 0.717) is 11.3 Å². The molecule has 2 rings (SSSR count). The van der Waals surface area contributed by atoms with Gasteiger partial charge in [0.25, 0.3) is 0 Å². The molecule has 0 spiro atoms. The Balaban J connectivity index is 2.44. The first-order chi connectivity index (χ1) is 63.2. The molecule has 2 aromatic rings. The molecular formula is C80H122N22O32S. The molecule has 32 N–H and O–H groups in total. The predicted molar refractivity (Wildman–Crippen MR) is 467 cm³/mol. The second-order valence-corrected chi connectivity index (χ2v) is 33.0. The van der Waals surface area contributed by atoms with Crippen molar-refractivity contribution in [3.8, 4) is 0 Å². The van der Waals surface area contributed by atoms with Crippen molar-refractivity contribution < 1.29 is 156 Å². The zero-order chi connectivity index (χ0) is 102. The molecule has 0 fully saturated rings. The maximum absolute atomic E-state index is 14.5. The molecule has 54 nitrogen and oxygen atoms in total. The largest absolute Gasteiger partial charge is 0.481 e. The number of aromatic amines is 1. The summed E-state index contributed by atoms with van der Waals surface area (Å²) in [4.78, 5) is 326. The fraction of sp³-hybridized carbons (Fsp3) is 0.588. The topological polar surface area (TPSA) is 883 Å². The lowest BCUT2D eigenvalue weighted by molar-refractivity contribution is -0.142. The van der Waals surface area contributed by atoms with Gasteiger partial charge in [0.05, 0.1) is 82.6 Å². The van der Waals surface area contributed by atoms with Gasteiger partial charge in [0.1, 0.15) is 90.6 Å². The second kappa shape index (κ2) is 59.4. The fourth-order valence-corrected chi connectivity index (χ4v) is 12.8. The van der Waals surface area contributed by atoms with Gasteiger partial charge >= 0.3 is 29.8 Å². The molecule has 0 radical (unpaired) electrons. The number of aromatic nitrogens is 2. The molecule has 1 heterocycles. The fourth-order valence-electron chi connectivity index (χ4n) is 12.4. The average molecular weight is 1940 g/mol. The highest BCUT2D eigenvalue weighted by molar-refractivity contribution is 7.98. The van der Waals surface area contributed by atoms with Gasteiger partial charge in [-0.2, -0.15) is 11.8 Å². The van der Waals surface area contributed by atoms with Crippen molar-refractivity contribution in [3.63, 3.8) is 0 Å². The number of hydrogen-bond donors (Lipinski definition) is 29. The molecule has 750 valence electrons. The van der Waals surface area contributed by atoms with Crippen molar-refractivity contribution in [3.05, 3.63) is 54.1 Å². The number of carboxylic acids is 5. The van der Waals surface area contributed by atoms with Gasteiger partial charge in [-0.15, -0.1) is 0 Å². The number of nitrogens with two attached hydrogens (primary N) is 3. The zero-order valence-electron chi connectivity index (χ0n) is 75.3. The number of aliphatic hydroxyl groups is 3. The number of aliphatic carboxylic acids is 5. The number of primary amides is 2. The number of carboxylic acid groups (broad SMARTS) is 5. The summed E-state index contributed by atoms with van der Waals surface area (Å²) >= 11 is 1.07. The number of amides is 19. The molecule has 0 saturated heterocycles. The summed E-state index contributed by atoms with van der Waals surface area (Å²) in [6.07, 6.45) is -6.19. The molecule has 18 atom stereocenters. The minimum Gasteiger partial charge on any atom is -0.481 e. The van der Waals surface area contributed by atoms with E-state index in [1.165, 1.54) is 50.0 Å². The third-order valence-electron chi connectivity index (χ3n) is 19.7. The SMILES string of the molecule is CC[C@H](C)[C@H](NC(=O)[C@@H](NC(=O)[C@H](CC(N)=O)NC(=O)[C@H](CCSC)NC(=O)[C@H](CCC(=O)O)NC(=O)[C@H](CC(=O)O)NC(=O)[C@H](CO)NC(=O)[C@H](Cc1ccccc1)NC(=O)[C@H](CO)NC(=O)CNC(=O)[C@H](CC(=O)O)NC(=O)CNC(=O)[C@@H](N)Cc1c[nH]cn1)[C@@H](C)O)C(=O)N[C@@H](CC(C)C)C(=O)N[C@@H](CC(=O)O)C(=O)N[C@@H](CC(N)=O)C(=O)N[C@@H](CC(C)C)C(=O)N[C@@H](C)C(=O)O. The summed E-state index contributed by atoms with van der Waals surface area (Å²) in [6, 6.07) is -22.2. The normalized spacial score (nSPS) is 15.0. The maximum atomic E-state index is 14.5. The van der Waals surface area contributed by atoms with Gasteiger partial charge in [-0.1, -0.05) is 78.3 Å². The summed E-state index contributed by atoms with van der Waals surface area (Å²) < 4.78 is 0. The number of aliphatic hydroxyl groups excluding tert-OH is 3. The van der Waals surface area contributed by atoms with Crippen LogP contribution in [0.25, 0.3) is 0 Å². The first-order valence-corrected chi connectivity index (χ1v) is 43.6. The molecule has 0 unspecified atom stereocenters. The first kappa shape index (κ1) is 117. The van der Waals surface area contributed by atoms with Crippen molar-refractivity contribution in [1.82, 2.24) is 100 Å². The van der Waals surface area contributed by atoms with Gasteiger partial charge in [-0.3, -0.25) is 115 Å². The van der Waals surface area contributed by atoms with E-state index in [1.54, 1.807) is 40.7 Å². The van der Waals surface area contributed by atoms with Crippen LogP contribution in [-0.4, -0.2) is 334 Å². The Bertz CT molecular complexity index is 4490. The summed E-state index contributed by atoms with van der Waals surface area (Å²) in [5, 5.41) is 118. The van der Waals surface area contributed by atoms with Crippen LogP contribution >= 0.6 is 11.8 Å². The highest BCUT2D eigenvalue weighted by atomic mass is 32.2. The Hall–Kier alpha value is -14.1. The van der Waals surface area contributed by atoms with Gasteiger partial charge in [0, 0.05) is 25.5 Å². The Morgan fingerprint density at radius 1 is 0.400 bits per heavy atom. The third kappa shape index (κ3) is 44.3. The molecule has 19 amide bonds. The number of carbonyl (C=O) groups excluding carboxylic acids is 19. The quantitative estimate of drug-likeness (QED) is 0.0292. The lowest BCUT2D eigenvalue weighted by Gasteiger charge is -2.30. The molecule has 0 aliphatic heterocycles. The number of hydrogen-bond acceptors (Lipinski definition) is 30. The molecule has 0 saturated carbocycles. The van der Waals surface area contributed by atoms with Crippen LogP contribution in [0, 0.1) is 17.8 Å². The lowest BCUT2D eigenvalue weighted by Crippen LogP contribution is -2.63. The average Bonchev–Trinajstić information content (AvgIpc) is 1.47. The zero-order valence-corrected chi connectivity index (χ0v) is 76.1. The van der Waals surface area contributed by atoms with E-state index in [9.17, 15) is 156 Å². The highest BCUT2D eigenvalue weighted by Gasteiger charge is 2.42. The van der Waals surface area contributed by atoms with Crippen LogP contribution in [-0.2, 0) is 128 Å². The van der Waals surface area contributed by atoms with Crippen molar-refractivity contribution in [2.75, 3.05) is 38.3 Å². The lowest BCUT2D eigenvalue weighted by atomic mass is 9.96. The van der Waals surface area contributed by atoms with E-state index < -0.39 is 334 Å². The molecular weight excluding hydrogens is 1810 g/mol. The number of carbonyl (C=O) groups is 24. The van der Waals surface area contributed by atoms with Crippen LogP contribution in [0.2, 0.25) is 0 Å². The van der Waals surface area contributed by atoms with Crippen molar-refractivity contribution in [2.45, 2.75) is 242 Å². The molecule has 0 bridgehead atoms. The molecule has 135 heavy (non-hydrogen) atoms. The van der Waals surface area contributed by atoms with Crippen LogP contribution < -0.4 is 108 Å². The second-order valence-electron chi connectivity index (χ2n) is 32.0. The monoisotopic (exact) mass is 1930 g/mol. The van der Waals surface area contributed by atoms with Crippen LogP contribution in [0.5, 0.6) is 0 Å². The van der Waals surface area contributed by atoms with E-state index in [4.69, 9.17) is 17.2 Å². The summed E-state index contributed by atoms with van der Waals surface area (Å²) in [6.45, 7) is 7.22. The van der Waals surface area contributed by atoms with E-state index in [-0.39, 0.29) is 43.8 Å². The summed E-state index contributed by atoms with van der Waals surface area (Å²) in [7, 11) is 0. The Labute approximate surface area is 776 Å². The number of benzene rings is 1. The van der Waals surface area contributed by atoms with Crippen molar-refractivity contribution in [2.24, 2.45) is 35.0 Å². The number of nitrogens with one attached hydrogen (secondary N) is 18. The first-order valence-electron chi connectivity index (χ1n) is 42.2. The molecule has 1 aromatic carbocycles. The minimum atomic E-state index is -2.29. The maximum Gasteiger partial charge on any atom is 0.325 e. The van der Waals surface area contributed by atoms with Crippen LogP contribution in [0.3, 0.4) is 0 Å². The van der Waals surface area contributed by atoms with Crippen LogP contribution in [0.1, 0.15) is 137 Å². The Kier molecular flexibility index (Phi) is 51.5. The highest BCUT2D eigenvalue weighted by Crippen LogP contribution is 2.16. The Morgan fingerprint density at radius 3 is 1.17 bits per heavy atom. The van der Waals surface area contributed by atoms with Crippen LogP contribution in [0.15, 0.2) is 42.9 Å². The van der Waals surface area contributed by atoms with Crippen molar-refractivity contribution >= 4 is 154 Å². The van der Waals surface area contributed by atoms with Crippen LogP contribution in [0.4, 0.5) is 0 Å². The third-order valence-corrected chi connectivity index (χ3v) is 20.3. The number of thioether (sulfide) groups is 1. The smallest absolute Gasteiger partial charge is 0.325 e. The minimum absolute atomic E-state index is 0.0209.